The summed E-state index contributed by atoms with van der Waals surface area (Å²) >= 11 is 0. The highest BCUT2D eigenvalue weighted by Crippen LogP contribution is 2.36. The van der Waals surface area contributed by atoms with E-state index in [4.69, 9.17) is 14.5 Å². The van der Waals surface area contributed by atoms with Gasteiger partial charge in [-0.25, -0.2) is 15.0 Å². The van der Waals surface area contributed by atoms with E-state index in [2.05, 4.69) is 45.6 Å². The fraction of sp³-hybridized carbons (Fsp3) is 0.148. The molecular formula is C27H25N5O2. The van der Waals surface area contributed by atoms with E-state index in [0.717, 1.165) is 33.7 Å². The molecule has 1 N–H and O–H groups in total. The van der Waals surface area contributed by atoms with Crippen LogP contribution in [0.4, 0.5) is 11.9 Å². The molecule has 0 saturated heterocycles. The molecule has 0 saturated carbocycles. The normalized spacial score (nSPS) is 10.9. The maximum absolute atomic E-state index is 5.71. The Hall–Kier alpha value is -4.39. The van der Waals surface area contributed by atoms with Gasteiger partial charge in [0.25, 0.3) is 0 Å². The third kappa shape index (κ3) is 4.03. The first-order valence-corrected chi connectivity index (χ1v) is 10.9. The van der Waals surface area contributed by atoms with Crippen LogP contribution in [0, 0.1) is 13.8 Å². The second-order valence-electron chi connectivity index (χ2n) is 8.00. The number of methoxy groups -OCH3 is 2. The minimum absolute atomic E-state index is 0.483. The van der Waals surface area contributed by atoms with Crippen molar-refractivity contribution in [3.05, 3.63) is 84.3 Å². The standard InChI is InChI=1S/C27H25N5O2/c1-17-13-18(2)30-26(29-17)31-27-28-16-24(21-10-9-19-7-5-6-8-20(19)14-21)32(27)23-15-22(33-3)11-12-25(23)34-4/h5-16H,1-4H3,(H,28,29,30,31). The molecule has 0 radical (unpaired) electrons. The number of ether oxygens (including phenoxy) is 2. The number of hydrogen-bond donors (Lipinski definition) is 1. The highest BCUT2D eigenvalue weighted by atomic mass is 16.5. The van der Waals surface area contributed by atoms with Crippen molar-refractivity contribution >= 4 is 22.7 Å². The first-order valence-electron chi connectivity index (χ1n) is 10.9. The number of hydrogen-bond acceptors (Lipinski definition) is 6. The van der Waals surface area contributed by atoms with E-state index < -0.39 is 0 Å². The van der Waals surface area contributed by atoms with Crippen molar-refractivity contribution < 1.29 is 9.47 Å². The van der Waals surface area contributed by atoms with Crippen molar-refractivity contribution in [3.63, 3.8) is 0 Å². The lowest BCUT2D eigenvalue weighted by Gasteiger charge is -2.17. The Labute approximate surface area is 198 Å². The van der Waals surface area contributed by atoms with Crippen molar-refractivity contribution in [1.82, 2.24) is 19.5 Å². The molecule has 2 aromatic heterocycles. The van der Waals surface area contributed by atoms with Crippen molar-refractivity contribution in [2.75, 3.05) is 19.5 Å². The predicted octanol–water partition coefficient (Wildman–Crippen LogP) is 5.86. The molecule has 0 atom stereocenters. The van der Waals surface area contributed by atoms with E-state index in [1.54, 1.807) is 14.2 Å². The maximum atomic E-state index is 5.71. The number of anilines is 2. The Morgan fingerprint density at radius 2 is 1.56 bits per heavy atom. The Bertz CT molecular complexity index is 1470. The first-order chi connectivity index (χ1) is 16.6. The monoisotopic (exact) mass is 451 g/mol. The molecule has 34 heavy (non-hydrogen) atoms. The van der Waals surface area contributed by atoms with Crippen molar-refractivity contribution in [3.8, 4) is 28.4 Å². The highest BCUT2D eigenvalue weighted by molar-refractivity contribution is 5.87. The summed E-state index contributed by atoms with van der Waals surface area (Å²) in [5, 5.41) is 5.63. The number of nitrogens with one attached hydrogen (secondary N) is 1. The summed E-state index contributed by atoms with van der Waals surface area (Å²) in [7, 11) is 3.30. The van der Waals surface area contributed by atoms with Gasteiger partial charge in [0.1, 0.15) is 11.5 Å². The molecule has 2 heterocycles. The summed E-state index contributed by atoms with van der Waals surface area (Å²) in [6, 6.07) is 22.3. The van der Waals surface area contributed by atoms with Crippen LogP contribution >= 0.6 is 0 Å². The molecule has 0 bridgehead atoms. The molecule has 5 rings (SSSR count). The minimum Gasteiger partial charge on any atom is -0.497 e. The second kappa shape index (κ2) is 8.86. The SMILES string of the molecule is COc1ccc(OC)c(-n2c(-c3ccc4ccccc4c3)cnc2Nc2nc(C)cc(C)n2)c1. The van der Waals surface area contributed by atoms with Crippen LogP contribution in [-0.4, -0.2) is 33.7 Å². The molecule has 0 spiro atoms. The number of benzene rings is 3. The van der Waals surface area contributed by atoms with Crippen LogP contribution in [0.15, 0.2) is 72.9 Å². The third-order valence-corrected chi connectivity index (χ3v) is 5.64. The van der Waals surface area contributed by atoms with E-state index in [9.17, 15) is 0 Å². The number of nitrogens with zero attached hydrogens (tertiary/aromatic N) is 4. The summed E-state index contributed by atoms with van der Waals surface area (Å²) in [6.45, 7) is 3.88. The van der Waals surface area contributed by atoms with E-state index in [0.29, 0.717) is 23.4 Å². The van der Waals surface area contributed by atoms with E-state index >= 15 is 0 Å². The summed E-state index contributed by atoms with van der Waals surface area (Å²) in [5.41, 5.74) is 4.45. The van der Waals surface area contributed by atoms with Crippen molar-refractivity contribution in [1.29, 1.82) is 0 Å². The zero-order valence-corrected chi connectivity index (χ0v) is 19.5. The lowest BCUT2D eigenvalue weighted by Crippen LogP contribution is -2.08. The van der Waals surface area contributed by atoms with Gasteiger partial charge >= 0.3 is 0 Å². The molecule has 0 fully saturated rings. The van der Waals surface area contributed by atoms with E-state index in [1.165, 1.54) is 5.39 Å². The largest absolute Gasteiger partial charge is 0.497 e. The van der Waals surface area contributed by atoms with Crippen molar-refractivity contribution in [2.24, 2.45) is 0 Å². The molecule has 3 aromatic carbocycles. The number of aromatic nitrogens is 4. The Morgan fingerprint density at radius 3 is 2.29 bits per heavy atom. The average molecular weight is 452 g/mol. The summed E-state index contributed by atoms with van der Waals surface area (Å²) in [4.78, 5) is 13.8. The van der Waals surface area contributed by atoms with E-state index in [-0.39, 0.29) is 0 Å². The zero-order chi connectivity index (χ0) is 23.7. The Morgan fingerprint density at radius 1 is 0.794 bits per heavy atom. The topological polar surface area (TPSA) is 74.1 Å². The Balaban J connectivity index is 1.72. The summed E-state index contributed by atoms with van der Waals surface area (Å²) in [5.74, 6) is 2.45. The third-order valence-electron chi connectivity index (χ3n) is 5.64. The quantitative estimate of drug-likeness (QED) is 0.349. The Kier molecular flexibility index (Phi) is 5.59. The highest BCUT2D eigenvalue weighted by Gasteiger charge is 2.19. The van der Waals surface area contributed by atoms with Crippen LogP contribution in [0.25, 0.3) is 27.7 Å². The van der Waals surface area contributed by atoms with Crippen LogP contribution in [0.3, 0.4) is 0 Å². The van der Waals surface area contributed by atoms with Gasteiger partial charge in [0.05, 0.1) is 31.8 Å². The predicted molar refractivity (Wildman–Crippen MR) is 134 cm³/mol. The van der Waals surface area contributed by atoms with Crippen LogP contribution in [0.5, 0.6) is 11.5 Å². The van der Waals surface area contributed by atoms with Gasteiger partial charge < -0.3 is 9.47 Å². The molecule has 0 unspecified atom stereocenters. The molecule has 7 nitrogen and oxygen atoms in total. The summed E-state index contributed by atoms with van der Waals surface area (Å²) in [6.07, 6.45) is 1.84. The summed E-state index contributed by atoms with van der Waals surface area (Å²) < 4.78 is 13.2. The molecule has 170 valence electrons. The van der Waals surface area contributed by atoms with Gasteiger partial charge in [-0.05, 0) is 48.9 Å². The molecule has 0 aliphatic heterocycles. The number of imidazole rings is 1. The van der Waals surface area contributed by atoms with Gasteiger partial charge in [-0.1, -0.05) is 36.4 Å². The van der Waals surface area contributed by atoms with Gasteiger partial charge in [-0.3, -0.25) is 9.88 Å². The maximum Gasteiger partial charge on any atom is 0.229 e. The van der Waals surface area contributed by atoms with Gasteiger partial charge in [-0.15, -0.1) is 0 Å². The lowest BCUT2D eigenvalue weighted by atomic mass is 10.1. The first kappa shape index (κ1) is 21.5. The van der Waals surface area contributed by atoms with Crippen LogP contribution in [-0.2, 0) is 0 Å². The fourth-order valence-electron chi connectivity index (χ4n) is 4.09. The smallest absolute Gasteiger partial charge is 0.229 e. The number of rotatable bonds is 6. The number of aryl methyl sites for hydroxylation is 2. The van der Waals surface area contributed by atoms with Crippen LogP contribution < -0.4 is 14.8 Å². The van der Waals surface area contributed by atoms with Crippen molar-refractivity contribution in [2.45, 2.75) is 13.8 Å². The second-order valence-corrected chi connectivity index (χ2v) is 8.00. The van der Waals surface area contributed by atoms with Gasteiger partial charge in [0.15, 0.2) is 0 Å². The van der Waals surface area contributed by atoms with Crippen LogP contribution in [0.1, 0.15) is 11.4 Å². The zero-order valence-electron chi connectivity index (χ0n) is 19.5. The molecule has 0 amide bonds. The van der Waals surface area contributed by atoms with E-state index in [1.807, 2.05) is 61.0 Å². The molecule has 7 heteroatoms. The molecule has 0 aliphatic carbocycles. The van der Waals surface area contributed by atoms with Gasteiger partial charge in [0, 0.05) is 23.0 Å². The molecule has 0 aliphatic rings. The minimum atomic E-state index is 0.483. The lowest BCUT2D eigenvalue weighted by molar-refractivity contribution is 0.401. The van der Waals surface area contributed by atoms with Crippen LogP contribution in [0.2, 0.25) is 0 Å². The fourth-order valence-corrected chi connectivity index (χ4v) is 4.09. The van der Waals surface area contributed by atoms with Gasteiger partial charge in [0.2, 0.25) is 11.9 Å². The average Bonchev–Trinajstić information content (AvgIpc) is 3.25. The van der Waals surface area contributed by atoms with Gasteiger partial charge in [-0.2, -0.15) is 0 Å². The number of fused-ring (bicyclic) bond motifs is 1. The molecular weight excluding hydrogens is 426 g/mol. The molecule has 5 aromatic rings.